The molecular weight excluding hydrogens is 230 g/mol. The number of imidazole rings is 1. The quantitative estimate of drug-likeness (QED) is 0.845. The van der Waals surface area contributed by atoms with Gasteiger partial charge in [-0.1, -0.05) is 19.8 Å². The standard InChI is InChI=1S/C13H23N3S/c1-2-17-13-6-4-3-5-12(13)15-8-10-16-9-7-14-11-16/h7,9,11-13,15H,2-6,8,10H2,1H3. The first-order valence-corrected chi connectivity index (χ1v) is 7.75. The van der Waals surface area contributed by atoms with Crippen LogP contribution in [0.15, 0.2) is 18.7 Å². The summed E-state index contributed by atoms with van der Waals surface area (Å²) in [5, 5.41) is 4.56. The number of thioether (sulfide) groups is 1. The molecule has 2 rings (SSSR count). The van der Waals surface area contributed by atoms with Gasteiger partial charge in [-0.3, -0.25) is 0 Å². The first-order chi connectivity index (χ1) is 8.40. The van der Waals surface area contributed by atoms with Crippen LogP contribution in [0.3, 0.4) is 0 Å². The Kier molecular flexibility index (Phi) is 5.39. The molecule has 96 valence electrons. The van der Waals surface area contributed by atoms with Gasteiger partial charge in [0.2, 0.25) is 0 Å². The van der Waals surface area contributed by atoms with E-state index in [1.54, 1.807) is 0 Å². The predicted molar refractivity (Wildman–Crippen MR) is 74.4 cm³/mol. The van der Waals surface area contributed by atoms with Gasteiger partial charge in [-0.15, -0.1) is 0 Å². The first kappa shape index (κ1) is 13.0. The largest absolute Gasteiger partial charge is 0.336 e. The van der Waals surface area contributed by atoms with E-state index in [2.05, 4.69) is 33.6 Å². The Morgan fingerprint density at radius 2 is 2.29 bits per heavy atom. The van der Waals surface area contributed by atoms with E-state index in [0.29, 0.717) is 0 Å². The summed E-state index contributed by atoms with van der Waals surface area (Å²) in [7, 11) is 0. The summed E-state index contributed by atoms with van der Waals surface area (Å²) < 4.78 is 2.14. The van der Waals surface area contributed by atoms with Gasteiger partial charge >= 0.3 is 0 Å². The molecule has 17 heavy (non-hydrogen) atoms. The van der Waals surface area contributed by atoms with Crippen molar-refractivity contribution in [3.8, 4) is 0 Å². The summed E-state index contributed by atoms with van der Waals surface area (Å²) in [6.07, 6.45) is 11.3. The number of nitrogens with one attached hydrogen (secondary N) is 1. The molecule has 1 aromatic rings. The van der Waals surface area contributed by atoms with Gasteiger partial charge in [0.05, 0.1) is 6.33 Å². The van der Waals surface area contributed by atoms with Crippen LogP contribution < -0.4 is 5.32 Å². The lowest BCUT2D eigenvalue weighted by Crippen LogP contribution is -2.41. The summed E-state index contributed by atoms with van der Waals surface area (Å²) in [6.45, 7) is 4.35. The molecule has 2 unspecified atom stereocenters. The second-order valence-electron chi connectivity index (χ2n) is 4.64. The fourth-order valence-electron chi connectivity index (χ4n) is 2.54. The minimum Gasteiger partial charge on any atom is -0.336 e. The molecular formula is C13H23N3S. The van der Waals surface area contributed by atoms with Crippen LogP contribution in [0.5, 0.6) is 0 Å². The zero-order chi connectivity index (χ0) is 11.9. The van der Waals surface area contributed by atoms with Crippen molar-refractivity contribution < 1.29 is 0 Å². The van der Waals surface area contributed by atoms with Crippen molar-refractivity contribution in [3.05, 3.63) is 18.7 Å². The van der Waals surface area contributed by atoms with Crippen molar-refractivity contribution in [1.29, 1.82) is 0 Å². The molecule has 0 spiro atoms. The maximum Gasteiger partial charge on any atom is 0.0946 e. The number of hydrogen-bond donors (Lipinski definition) is 1. The Bertz CT molecular complexity index is 298. The molecule has 0 aliphatic heterocycles. The molecule has 1 aromatic heterocycles. The van der Waals surface area contributed by atoms with Gasteiger partial charge in [-0.05, 0) is 18.6 Å². The monoisotopic (exact) mass is 253 g/mol. The molecule has 0 bridgehead atoms. The van der Waals surface area contributed by atoms with E-state index in [1.807, 2.05) is 18.7 Å². The summed E-state index contributed by atoms with van der Waals surface area (Å²) >= 11 is 2.13. The van der Waals surface area contributed by atoms with Crippen LogP contribution in [0, 0.1) is 0 Å². The molecule has 0 aromatic carbocycles. The summed E-state index contributed by atoms with van der Waals surface area (Å²) in [6, 6.07) is 0.720. The second-order valence-corrected chi connectivity index (χ2v) is 6.16. The fraction of sp³-hybridized carbons (Fsp3) is 0.769. The normalized spacial score (nSPS) is 25.0. The van der Waals surface area contributed by atoms with Gasteiger partial charge in [0.15, 0.2) is 0 Å². The van der Waals surface area contributed by atoms with Crippen molar-refractivity contribution in [3.63, 3.8) is 0 Å². The van der Waals surface area contributed by atoms with E-state index in [1.165, 1.54) is 31.4 Å². The lowest BCUT2D eigenvalue weighted by atomic mass is 9.95. The Labute approximate surface area is 108 Å². The third-order valence-electron chi connectivity index (χ3n) is 3.42. The van der Waals surface area contributed by atoms with Gasteiger partial charge in [0.25, 0.3) is 0 Å². The highest BCUT2D eigenvalue weighted by molar-refractivity contribution is 7.99. The third-order valence-corrected chi connectivity index (χ3v) is 4.74. The van der Waals surface area contributed by atoms with Crippen LogP contribution >= 0.6 is 11.8 Å². The zero-order valence-corrected chi connectivity index (χ0v) is 11.5. The van der Waals surface area contributed by atoms with E-state index < -0.39 is 0 Å². The molecule has 0 saturated heterocycles. The van der Waals surface area contributed by atoms with Gasteiger partial charge in [-0.25, -0.2) is 4.98 Å². The van der Waals surface area contributed by atoms with Crippen LogP contribution in [0.1, 0.15) is 32.6 Å². The Morgan fingerprint density at radius 3 is 3.06 bits per heavy atom. The maximum absolute atomic E-state index is 4.06. The van der Waals surface area contributed by atoms with Gasteiger partial charge < -0.3 is 9.88 Å². The maximum atomic E-state index is 4.06. The van der Waals surface area contributed by atoms with E-state index in [-0.39, 0.29) is 0 Å². The molecule has 0 amide bonds. The lowest BCUT2D eigenvalue weighted by molar-refractivity contribution is 0.378. The Hall–Kier alpha value is -0.480. The highest BCUT2D eigenvalue weighted by Gasteiger charge is 2.23. The SMILES string of the molecule is CCSC1CCCCC1NCCn1ccnc1. The van der Waals surface area contributed by atoms with Crippen molar-refractivity contribution in [1.82, 2.24) is 14.9 Å². The number of nitrogens with zero attached hydrogens (tertiary/aromatic N) is 2. The molecule has 1 fully saturated rings. The molecule has 0 radical (unpaired) electrons. The van der Waals surface area contributed by atoms with Crippen LogP contribution in [-0.4, -0.2) is 33.1 Å². The molecule has 1 heterocycles. The van der Waals surface area contributed by atoms with Gasteiger partial charge in [0.1, 0.15) is 0 Å². The lowest BCUT2D eigenvalue weighted by Gasteiger charge is -2.31. The topological polar surface area (TPSA) is 29.9 Å². The van der Waals surface area contributed by atoms with Crippen LogP contribution in [0.25, 0.3) is 0 Å². The van der Waals surface area contributed by atoms with Crippen molar-refractivity contribution in [2.24, 2.45) is 0 Å². The number of rotatable bonds is 6. The second kappa shape index (κ2) is 7.07. The predicted octanol–water partition coefficient (Wildman–Crippen LogP) is 2.54. The average molecular weight is 253 g/mol. The van der Waals surface area contributed by atoms with Crippen LogP contribution in [0.4, 0.5) is 0 Å². The number of hydrogen-bond acceptors (Lipinski definition) is 3. The van der Waals surface area contributed by atoms with Gasteiger partial charge in [0, 0.05) is 36.8 Å². The molecule has 4 heteroatoms. The minimum absolute atomic E-state index is 0.720. The van der Waals surface area contributed by atoms with Crippen molar-refractivity contribution in [2.45, 2.75) is 50.4 Å². The zero-order valence-electron chi connectivity index (χ0n) is 10.6. The van der Waals surface area contributed by atoms with E-state index in [4.69, 9.17) is 0 Å². The van der Waals surface area contributed by atoms with Crippen molar-refractivity contribution >= 4 is 11.8 Å². The summed E-state index contributed by atoms with van der Waals surface area (Å²) in [5.41, 5.74) is 0. The molecule has 2 atom stereocenters. The summed E-state index contributed by atoms with van der Waals surface area (Å²) in [5.74, 6) is 1.24. The Morgan fingerprint density at radius 1 is 1.41 bits per heavy atom. The third kappa shape index (κ3) is 4.03. The number of aromatic nitrogens is 2. The van der Waals surface area contributed by atoms with E-state index in [0.717, 1.165) is 24.4 Å². The van der Waals surface area contributed by atoms with Crippen molar-refractivity contribution in [2.75, 3.05) is 12.3 Å². The molecule has 1 aliphatic carbocycles. The van der Waals surface area contributed by atoms with Gasteiger partial charge in [-0.2, -0.15) is 11.8 Å². The smallest absolute Gasteiger partial charge is 0.0946 e. The van der Waals surface area contributed by atoms with Crippen LogP contribution in [0.2, 0.25) is 0 Å². The highest BCUT2D eigenvalue weighted by atomic mass is 32.2. The van der Waals surface area contributed by atoms with Crippen LogP contribution in [-0.2, 0) is 6.54 Å². The Balaban J connectivity index is 1.72. The summed E-state index contributed by atoms with van der Waals surface area (Å²) in [4.78, 5) is 4.06. The fourth-order valence-corrected chi connectivity index (χ4v) is 3.77. The van der Waals surface area contributed by atoms with E-state index >= 15 is 0 Å². The average Bonchev–Trinajstić information content (AvgIpc) is 2.85. The van der Waals surface area contributed by atoms with E-state index in [9.17, 15) is 0 Å². The molecule has 1 N–H and O–H groups in total. The minimum atomic E-state index is 0.720. The molecule has 1 aliphatic rings. The highest BCUT2D eigenvalue weighted by Crippen LogP contribution is 2.28. The molecule has 1 saturated carbocycles. The first-order valence-electron chi connectivity index (χ1n) is 6.71. The molecule has 3 nitrogen and oxygen atoms in total.